The molecule has 98 valence electrons. The van der Waals surface area contributed by atoms with Crippen LogP contribution in [0.3, 0.4) is 0 Å². The van der Waals surface area contributed by atoms with Crippen molar-refractivity contribution in [1.82, 2.24) is 14.8 Å². The maximum absolute atomic E-state index is 12.0. The van der Waals surface area contributed by atoms with E-state index in [1.165, 1.54) is 10.9 Å². The zero-order valence-corrected chi connectivity index (χ0v) is 11.5. The summed E-state index contributed by atoms with van der Waals surface area (Å²) in [6, 6.07) is 0. The molecular formula is C12H11ClN4OS. The molecule has 0 aliphatic carbocycles. The fourth-order valence-corrected chi connectivity index (χ4v) is 2.31. The highest BCUT2D eigenvalue weighted by Gasteiger charge is 2.09. The molecule has 0 spiro atoms. The predicted octanol–water partition coefficient (Wildman–Crippen LogP) is 1.64. The number of terminal acetylenes is 1. The van der Waals surface area contributed by atoms with E-state index in [-0.39, 0.29) is 17.1 Å². The molecule has 0 unspecified atom stereocenters. The molecule has 2 heterocycles. The Morgan fingerprint density at radius 1 is 1.58 bits per heavy atom. The van der Waals surface area contributed by atoms with E-state index in [1.54, 1.807) is 17.5 Å². The molecule has 2 rings (SSSR count). The van der Waals surface area contributed by atoms with E-state index in [4.69, 9.17) is 18.0 Å². The van der Waals surface area contributed by atoms with Crippen molar-refractivity contribution in [1.29, 1.82) is 0 Å². The van der Waals surface area contributed by atoms with Crippen molar-refractivity contribution in [2.75, 3.05) is 11.9 Å². The Hall–Kier alpha value is -1.84. The lowest BCUT2D eigenvalue weighted by molar-refractivity contribution is 0.664. The third-order valence-corrected chi connectivity index (χ3v) is 3.49. The van der Waals surface area contributed by atoms with Crippen molar-refractivity contribution >= 4 is 28.6 Å². The van der Waals surface area contributed by atoms with Crippen molar-refractivity contribution < 1.29 is 0 Å². The monoisotopic (exact) mass is 294 g/mol. The lowest BCUT2D eigenvalue weighted by Crippen LogP contribution is -2.26. The van der Waals surface area contributed by atoms with Gasteiger partial charge in [0.05, 0.1) is 16.2 Å². The zero-order chi connectivity index (χ0) is 13.7. The minimum atomic E-state index is -0.315. The fourth-order valence-electron chi connectivity index (χ4n) is 1.50. The molecular weight excluding hydrogens is 284 g/mol. The number of hydrogen-bond acceptors (Lipinski definition) is 5. The van der Waals surface area contributed by atoms with Gasteiger partial charge in [0.25, 0.3) is 5.56 Å². The van der Waals surface area contributed by atoms with Gasteiger partial charge in [0, 0.05) is 24.5 Å². The third-order valence-electron chi connectivity index (χ3n) is 2.36. The molecule has 19 heavy (non-hydrogen) atoms. The highest BCUT2D eigenvalue weighted by Crippen LogP contribution is 2.15. The number of nitrogens with zero attached hydrogens (tertiary/aromatic N) is 3. The molecule has 0 amide bonds. The third kappa shape index (κ3) is 3.34. The summed E-state index contributed by atoms with van der Waals surface area (Å²) in [7, 11) is 0. The number of nitrogens with one attached hydrogen (secondary N) is 1. The van der Waals surface area contributed by atoms with Crippen LogP contribution in [-0.2, 0) is 13.0 Å². The smallest absolute Gasteiger partial charge is 0.292 e. The lowest BCUT2D eigenvalue weighted by Gasteiger charge is -2.08. The number of thiazole rings is 1. The van der Waals surface area contributed by atoms with Gasteiger partial charge in [-0.3, -0.25) is 4.79 Å². The second-order valence-corrected chi connectivity index (χ2v) is 5.02. The second kappa shape index (κ2) is 6.36. The summed E-state index contributed by atoms with van der Waals surface area (Å²) in [5, 5.41) is 10.1. The van der Waals surface area contributed by atoms with E-state index >= 15 is 0 Å². The van der Waals surface area contributed by atoms with Crippen LogP contribution in [0.5, 0.6) is 0 Å². The summed E-state index contributed by atoms with van der Waals surface area (Å²) < 4.78 is 1.19. The van der Waals surface area contributed by atoms with Crippen molar-refractivity contribution in [3.05, 3.63) is 38.2 Å². The van der Waals surface area contributed by atoms with Crippen LogP contribution in [0.25, 0.3) is 0 Å². The maximum atomic E-state index is 12.0. The van der Waals surface area contributed by atoms with E-state index in [0.29, 0.717) is 12.2 Å². The minimum Gasteiger partial charge on any atom is -0.379 e. The number of aromatic nitrogens is 3. The van der Waals surface area contributed by atoms with Gasteiger partial charge in [0.1, 0.15) is 12.2 Å². The molecule has 7 heteroatoms. The first-order valence-corrected chi connectivity index (χ1v) is 6.79. The summed E-state index contributed by atoms with van der Waals surface area (Å²) in [6.07, 6.45) is 9.06. The number of anilines is 1. The first-order valence-electron chi connectivity index (χ1n) is 5.53. The van der Waals surface area contributed by atoms with E-state index in [9.17, 15) is 4.79 Å². The van der Waals surface area contributed by atoms with Crippen LogP contribution in [-0.4, -0.2) is 21.3 Å². The summed E-state index contributed by atoms with van der Waals surface area (Å²) in [5.74, 6) is 2.37. The average molecular weight is 295 g/mol. The van der Waals surface area contributed by atoms with Crippen LogP contribution in [0, 0.1) is 12.3 Å². The molecule has 2 aromatic rings. The van der Waals surface area contributed by atoms with Crippen LogP contribution < -0.4 is 10.9 Å². The largest absolute Gasteiger partial charge is 0.379 e. The van der Waals surface area contributed by atoms with Crippen molar-refractivity contribution in [3.8, 4) is 12.3 Å². The quantitative estimate of drug-likeness (QED) is 0.852. The van der Waals surface area contributed by atoms with Gasteiger partial charge in [0.15, 0.2) is 0 Å². The van der Waals surface area contributed by atoms with Crippen molar-refractivity contribution in [2.24, 2.45) is 0 Å². The first kappa shape index (κ1) is 13.6. The summed E-state index contributed by atoms with van der Waals surface area (Å²) in [5.41, 5.74) is 0.00746. The second-order valence-electron chi connectivity index (χ2n) is 3.64. The normalized spacial score (nSPS) is 10.1. The van der Waals surface area contributed by atoms with Gasteiger partial charge in [-0.05, 0) is 0 Å². The first-order chi connectivity index (χ1) is 9.22. The zero-order valence-electron chi connectivity index (χ0n) is 9.97. The molecule has 1 N–H and O–H groups in total. The Balaban J connectivity index is 2.09. The Morgan fingerprint density at radius 3 is 3.11 bits per heavy atom. The van der Waals surface area contributed by atoms with Gasteiger partial charge in [-0.25, -0.2) is 9.67 Å². The van der Waals surface area contributed by atoms with E-state index in [2.05, 4.69) is 21.3 Å². The molecule has 0 aliphatic heterocycles. The predicted molar refractivity (Wildman–Crippen MR) is 76.6 cm³/mol. The molecule has 5 nitrogen and oxygen atoms in total. The lowest BCUT2D eigenvalue weighted by atomic mass is 10.4. The Bertz CT molecular complexity index is 645. The summed E-state index contributed by atoms with van der Waals surface area (Å²) in [4.78, 5) is 16.2. The SMILES string of the molecule is C#CCn1ncc(Cl)c(NCCc2nccs2)c1=O. The van der Waals surface area contributed by atoms with Crippen LogP contribution in [0.1, 0.15) is 5.01 Å². The minimum absolute atomic E-state index is 0.122. The highest BCUT2D eigenvalue weighted by atomic mass is 35.5. The molecule has 0 aliphatic rings. The number of halogens is 1. The molecule has 2 aromatic heterocycles. The number of rotatable bonds is 5. The van der Waals surface area contributed by atoms with Crippen LogP contribution in [0.2, 0.25) is 5.02 Å². The molecule has 0 aromatic carbocycles. The molecule has 0 bridgehead atoms. The van der Waals surface area contributed by atoms with Gasteiger partial charge in [-0.15, -0.1) is 17.8 Å². The van der Waals surface area contributed by atoms with Crippen LogP contribution >= 0.6 is 22.9 Å². The standard InChI is InChI=1S/C12H11ClN4OS/c1-2-6-17-12(18)11(9(13)8-16-17)15-4-3-10-14-5-7-19-10/h1,5,7-8,15H,3-4,6H2. The Kier molecular flexibility index (Phi) is 4.55. The van der Waals surface area contributed by atoms with Crippen molar-refractivity contribution in [2.45, 2.75) is 13.0 Å². The van der Waals surface area contributed by atoms with E-state index in [1.807, 2.05) is 5.38 Å². The van der Waals surface area contributed by atoms with Crippen LogP contribution in [0.4, 0.5) is 5.69 Å². The Labute approximate surface area is 119 Å². The maximum Gasteiger partial charge on any atom is 0.292 e. The van der Waals surface area contributed by atoms with Gasteiger partial charge >= 0.3 is 0 Å². The van der Waals surface area contributed by atoms with Gasteiger partial charge in [-0.1, -0.05) is 17.5 Å². The molecule has 0 radical (unpaired) electrons. The highest BCUT2D eigenvalue weighted by molar-refractivity contribution is 7.09. The van der Waals surface area contributed by atoms with Crippen molar-refractivity contribution in [3.63, 3.8) is 0 Å². The summed E-state index contributed by atoms with van der Waals surface area (Å²) >= 11 is 7.53. The van der Waals surface area contributed by atoms with Crippen LogP contribution in [0.15, 0.2) is 22.6 Å². The summed E-state index contributed by atoms with van der Waals surface area (Å²) in [6.45, 7) is 0.694. The molecule has 0 atom stereocenters. The molecule has 0 saturated carbocycles. The van der Waals surface area contributed by atoms with E-state index < -0.39 is 0 Å². The number of hydrogen-bond donors (Lipinski definition) is 1. The molecule has 0 fully saturated rings. The Morgan fingerprint density at radius 2 is 2.42 bits per heavy atom. The topological polar surface area (TPSA) is 59.8 Å². The van der Waals surface area contributed by atoms with Gasteiger partial charge in [0.2, 0.25) is 0 Å². The average Bonchev–Trinajstić information content (AvgIpc) is 2.90. The van der Waals surface area contributed by atoms with Gasteiger partial charge in [-0.2, -0.15) is 5.10 Å². The fraction of sp³-hybridized carbons (Fsp3) is 0.250. The van der Waals surface area contributed by atoms with Gasteiger partial charge < -0.3 is 5.32 Å². The molecule has 0 saturated heterocycles. The van der Waals surface area contributed by atoms with E-state index in [0.717, 1.165) is 11.4 Å².